The molecule has 0 amide bonds. The standard InChI is InChI=1S/C14H14Cl2N2S/c15-9-5-3-4-8(12(9)16)13(17)14-18-10-6-1-2-7-11(10)19-14/h3-5,13H,1-2,6-7,17H2. The first kappa shape index (κ1) is 13.4. The van der Waals surface area contributed by atoms with Crippen molar-refractivity contribution in [3.8, 4) is 0 Å². The number of nitrogens with zero attached hydrogens (tertiary/aromatic N) is 1. The van der Waals surface area contributed by atoms with Gasteiger partial charge in [0.2, 0.25) is 0 Å². The Balaban J connectivity index is 1.97. The van der Waals surface area contributed by atoms with E-state index in [1.54, 1.807) is 17.4 Å². The molecule has 100 valence electrons. The molecule has 0 bridgehead atoms. The number of hydrogen-bond acceptors (Lipinski definition) is 3. The maximum absolute atomic E-state index is 6.30. The molecule has 1 aliphatic rings. The highest BCUT2D eigenvalue weighted by Gasteiger charge is 2.21. The van der Waals surface area contributed by atoms with Gasteiger partial charge in [-0.3, -0.25) is 0 Å². The third kappa shape index (κ3) is 2.52. The first-order valence-electron chi connectivity index (χ1n) is 6.35. The molecule has 0 fully saturated rings. The lowest BCUT2D eigenvalue weighted by Gasteiger charge is -2.11. The van der Waals surface area contributed by atoms with Gasteiger partial charge in [0.05, 0.1) is 21.8 Å². The molecule has 0 saturated heterocycles. The molecule has 3 rings (SSSR count). The van der Waals surface area contributed by atoms with E-state index in [1.807, 2.05) is 12.1 Å². The van der Waals surface area contributed by atoms with E-state index in [-0.39, 0.29) is 6.04 Å². The van der Waals surface area contributed by atoms with E-state index in [0.717, 1.165) is 23.4 Å². The lowest BCUT2D eigenvalue weighted by Crippen LogP contribution is -2.12. The Morgan fingerprint density at radius 2 is 2.00 bits per heavy atom. The highest BCUT2D eigenvalue weighted by molar-refractivity contribution is 7.11. The second-order valence-corrected chi connectivity index (χ2v) is 6.65. The maximum Gasteiger partial charge on any atom is 0.114 e. The van der Waals surface area contributed by atoms with Gasteiger partial charge < -0.3 is 5.73 Å². The van der Waals surface area contributed by atoms with Crippen molar-refractivity contribution in [2.75, 3.05) is 0 Å². The Kier molecular flexibility index (Phi) is 3.81. The Bertz CT molecular complexity index is 586. The number of thiazole rings is 1. The largest absolute Gasteiger partial charge is 0.318 e. The summed E-state index contributed by atoms with van der Waals surface area (Å²) in [5, 5.41) is 2.01. The fourth-order valence-corrected chi connectivity index (χ4v) is 4.00. The number of halogens is 2. The predicted molar refractivity (Wildman–Crippen MR) is 81.2 cm³/mol. The summed E-state index contributed by atoms with van der Waals surface area (Å²) in [7, 11) is 0. The van der Waals surface area contributed by atoms with Crippen molar-refractivity contribution in [2.24, 2.45) is 5.73 Å². The molecule has 1 aromatic heterocycles. The van der Waals surface area contributed by atoms with Crippen molar-refractivity contribution < 1.29 is 0 Å². The Morgan fingerprint density at radius 3 is 2.79 bits per heavy atom. The number of aryl methyl sites for hydroxylation is 2. The second-order valence-electron chi connectivity index (χ2n) is 4.75. The van der Waals surface area contributed by atoms with Gasteiger partial charge in [0.15, 0.2) is 0 Å². The molecule has 2 nitrogen and oxygen atoms in total. The van der Waals surface area contributed by atoms with Crippen LogP contribution in [-0.2, 0) is 12.8 Å². The molecule has 2 aromatic rings. The van der Waals surface area contributed by atoms with Crippen LogP contribution >= 0.6 is 34.5 Å². The SMILES string of the molecule is NC(c1nc2c(s1)CCCC2)c1cccc(Cl)c1Cl. The van der Waals surface area contributed by atoms with Crippen molar-refractivity contribution >= 4 is 34.5 Å². The summed E-state index contributed by atoms with van der Waals surface area (Å²) in [4.78, 5) is 6.07. The number of hydrogen-bond donors (Lipinski definition) is 1. The van der Waals surface area contributed by atoms with E-state index in [1.165, 1.54) is 23.4 Å². The quantitative estimate of drug-likeness (QED) is 0.894. The number of rotatable bonds is 2. The van der Waals surface area contributed by atoms with Crippen LogP contribution in [0.2, 0.25) is 10.0 Å². The van der Waals surface area contributed by atoms with Crippen LogP contribution in [0.3, 0.4) is 0 Å². The fraction of sp³-hybridized carbons (Fsp3) is 0.357. The van der Waals surface area contributed by atoms with Gasteiger partial charge in [-0.05, 0) is 37.3 Å². The summed E-state index contributed by atoms with van der Waals surface area (Å²) in [6.07, 6.45) is 4.68. The summed E-state index contributed by atoms with van der Waals surface area (Å²) in [6.45, 7) is 0. The van der Waals surface area contributed by atoms with Crippen LogP contribution in [0.25, 0.3) is 0 Å². The molecular weight excluding hydrogens is 299 g/mol. The van der Waals surface area contributed by atoms with E-state index in [9.17, 15) is 0 Å². The zero-order valence-electron chi connectivity index (χ0n) is 10.3. The predicted octanol–water partition coefficient (Wildman–Crippen LogP) is 4.38. The Labute approximate surface area is 126 Å². The van der Waals surface area contributed by atoms with Crippen LogP contribution in [0.1, 0.15) is 40.0 Å². The lowest BCUT2D eigenvalue weighted by molar-refractivity contribution is 0.678. The molecule has 0 saturated carbocycles. The maximum atomic E-state index is 6.30. The average molecular weight is 313 g/mol. The molecule has 1 unspecified atom stereocenters. The minimum atomic E-state index is -0.290. The zero-order chi connectivity index (χ0) is 13.4. The van der Waals surface area contributed by atoms with Crippen molar-refractivity contribution in [3.63, 3.8) is 0 Å². The van der Waals surface area contributed by atoms with Crippen LogP contribution in [-0.4, -0.2) is 4.98 Å². The summed E-state index contributed by atoms with van der Waals surface area (Å²) in [5.74, 6) is 0. The van der Waals surface area contributed by atoms with E-state index >= 15 is 0 Å². The topological polar surface area (TPSA) is 38.9 Å². The van der Waals surface area contributed by atoms with Crippen molar-refractivity contribution in [1.29, 1.82) is 0 Å². The highest BCUT2D eigenvalue weighted by Crippen LogP contribution is 2.35. The normalized spacial score (nSPS) is 16.2. The lowest BCUT2D eigenvalue weighted by atomic mass is 10.0. The monoisotopic (exact) mass is 312 g/mol. The average Bonchev–Trinajstić information content (AvgIpc) is 2.85. The molecular formula is C14H14Cl2N2S. The van der Waals surface area contributed by atoms with Crippen LogP contribution < -0.4 is 5.73 Å². The molecule has 0 radical (unpaired) electrons. The van der Waals surface area contributed by atoms with Gasteiger partial charge in [0, 0.05) is 4.88 Å². The van der Waals surface area contributed by atoms with Gasteiger partial charge in [-0.25, -0.2) is 4.98 Å². The van der Waals surface area contributed by atoms with Gasteiger partial charge in [0.25, 0.3) is 0 Å². The molecule has 5 heteroatoms. The summed E-state index contributed by atoms with van der Waals surface area (Å²) in [5.41, 5.74) is 8.37. The fourth-order valence-electron chi connectivity index (χ4n) is 2.40. The van der Waals surface area contributed by atoms with Gasteiger partial charge >= 0.3 is 0 Å². The van der Waals surface area contributed by atoms with Gasteiger partial charge in [-0.15, -0.1) is 11.3 Å². The first-order valence-corrected chi connectivity index (χ1v) is 7.92. The van der Waals surface area contributed by atoms with E-state index in [2.05, 4.69) is 4.98 Å². The molecule has 2 N–H and O–H groups in total. The minimum Gasteiger partial charge on any atom is -0.318 e. The second kappa shape index (κ2) is 5.41. The van der Waals surface area contributed by atoms with Crippen LogP contribution in [0.4, 0.5) is 0 Å². The van der Waals surface area contributed by atoms with E-state index in [4.69, 9.17) is 28.9 Å². The number of aromatic nitrogens is 1. The molecule has 1 heterocycles. The molecule has 1 aromatic carbocycles. The number of nitrogens with two attached hydrogens (primary N) is 1. The van der Waals surface area contributed by atoms with Crippen molar-refractivity contribution in [2.45, 2.75) is 31.7 Å². The highest BCUT2D eigenvalue weighted by atomic mass is 35.5. The van der Waals surface area contributed by atoms with Crippen LogP contribution in [0, 0.1) is 0 Å². The van der Waals surface area contributed by atoms with Gasteiger partial charge in [0.1, 0.15) is 5.01 Å². The molecule has 0 spiro atoms. The third-order valence-electron chi connectivity index (χ3n) is 3.44. The minimum absolute atomic E-state index is 0.290. The molecule has 0 aliphatic heterocycles. The third-order valence-corrected chi connectivity index (χ3v) is 5.52. The number of fused-ring (bicyclic) bond motifs is 1. The number of benzene rings is 1. The first-order chi connectivity index (χ1) is 9.16. The molecule has 1 atom stereocenters. The summed E-state index contributed by atoms with van der Waals surface area (Å²) < 4.78 is 0. The van der Waals surface area contributed by atoms with Gasteiger partial charge in [-0.1, -0.05) is 35.3 Å². The van der Waals surface area contributed by atoms with Crippen molar-refractivity contribution in [3.05, 3.63) is 49.4 Å². The molecule has 19 heavy (non-hydrogen) atoms. The Hall–Kier alpha value is -0.610. The summed E-state index contributed by atoms with van der Waals surface area (Å²) >= 11 is 14.0. The van der Waals surface area contributed by atoms with Gasteiger partial charge in [-0.2, -0.15) is 0 Å². The smallest absolute Gasteiger partial charge is 0.114 e. The van der Waals surface area contributed by atoms with E-state index < -0.39 is 0 Å². The van der Waals surface area contributed by atoms with Crippen LogP contribution in [0.15, 0.2) is 18.2 Å². The Morgan fingerprint density at radius 1 is 1.21 bits per heavy atom. The van der Waals surface area contributed by atoms with E-state index in [0.29, 0.717) is 10.0 Å². The van der Waals surface area contributed by atoms with Crippen molar-refractivity contribution in [1.82, 2.24) is 4.98 Å². The van der Waals surface area contributed by atoms with Crippen LogP contribution in [0.5, 0.6) is 0 Å². The molecule has 1 aliphatic carbocycles. The zero-order valence-corrected chi connectivity index (χ0v) is 12.7. The summed E-state index contributed by atoms with van der Waals surface area (Å²) in [6, 6.07) is 5.27.